The number of aryl methyl sites for hydroxylation is 2. The Morgan fingerprint density at radius 1 is 1.42 bits per heavy atom. The SMILES string of the molecule is CCc1ccc(C(C)S)c(C)c1. The molecule has 1 aromatic carbocycles. The van der Waals surface area contributed by atoms with E-state index >= 15 is 0 Å². The van der Waals surface area contributed by atoms with E-state index in [1.54, 1.807) is 0 Å². The highest BCUT2D eigenvalue weighted by Crippen LogP contribution is 2.23. The van der Waals surface area contributed by atoms with Gasteiger partial charge in [-0.2, -0.15) is 12.6 Å². The van der Waals surface area contributed by atoms with Gasteiger partial charge in [0.1, 0.15) is 0 Å². The van der Waals surface area contributed by atoms with Crippen molar-refractivity contribution in [3.05, 3.63) is 34.9 Å². The molecular weight excluding hydrogens is 164 g/mol. The number of thiol groups is 1. The fourth-order valence-electron chi connectivity index (χ4n) is 1.43. The molecule has 0 spiro atoms. The van der Waals surface area contributed by atoms with Gasteiger partial charge in [0.15, 0.2) is 0 Å². The highest BCUT2D eigenvalue weighted by atomic mass is 32.1. The van der Waals surface area contributed by atoms with Gasteiger partial charge in [-0.1, -0.05) is 25.1 Å². The first kappa shape index (κ1) is 9.66. The summed E-state index contributed by atoms with van der Waals surface area (Å²) in [4.78, 5) is 0. The van der Waals surface area contributed by atoms with E-state index in [4.69, 9.17) is 0 Å². The molecule has 0 aliphatic carbocycles. The predicted octanol–water partition coefficient (Wildman–Crippen LogP) is 3.55. The summed E-state index contributed by atoms with van der Waals surface area (Å²) in [6, 6.07) is 6.63. The molecule has 66 valence electrons. The van der Waals surface area contributed by atoms with Crippen LogP contribution in [0.4, 0.5) is 0 Å². The summed E-state index contributed by atoms with van der Waals surface area (Å²) >= 11 is 4.42. The summed E-state index contributed by atoms with van der Waals surface area (Å²) in [5.41, 5.74) is 4.11. The van der Waals surface area contributed by atoms with Gasteiger partial charge in [0, 0.05) is 5.25 Å². The minimum absolute atomic E-state index is 0.343. The first-order valence-corrected chi connectivity index (χ1v) is 4.94. The third-order valence-electron chi connectivity index (χ3n) is 2.19. The Balaban J connectivity index is 3.03. The summed E-state index contributed by atoms with van der Waals surface area (Å²) in [6.45, 7) is 6.44. The topological polar surface area (TPSA) is 0 Å². The molecule has 1 unspecified atom stereocenters. The molecule has 0 bridgehead atoms. The third-order valence-corrected chi connectivity index (χ3v) is 2.47. The van der Waals surface area contributed by atoms with Gasteiger partial charge >= 0.3 is 0 Å². The lowest BCUT2D eigenvalue weighted by Gasteiger charge is -2.09. The monoisotopic (exact) mass is 180 g/mol. The Morgan fingerprint density at radius 3 is 2.50 bits per heavy atom. The van der Waals surface area contributed by atoms with Crippen LogP contribution in [0.25, 0.3) is 0 Å². The molecule has 0 N–H and O–H groups in total. The Kier molecular flexibility index (Phi) is 3.21. The maximum atomic E-state index is 4.42. The van der Waals surface area contributed by atoms with Crippen molar-refractivity contribution in [3.63, 3.8) is 0 Å². The van der Waals surface area contributed by atoms with Gasteiger partial charge in [0.25, 0.3) is 0 Å². The second-order valence-corrected chi connectivity index (χ2v) is 4.00. The van der Waals surface area contributed by atoms with Gasteiger partial charge in [-0.05, 0) is 37.0 Å². The van der Waals surface area contributed by atoms with Gasteiger partial charge in [-0.25, -0.2) is 0 Å². The lowest BCUT2D eigenvalue weighted by Crippen LogP contribution is -1.91. The molecule has 0 saturated heterocycles. The van der Waals surface area contributed by atoms with Crippen LogP contribution in [0.3, 0.4) is 0 Å². The van der Waals surface area contributed by atoms with Gasteiger partial charge in [0.05, 0.1) is 0 Å². The van der Waals surface area contributed by atoms with Crippen molar-refractivity contribution in [2.75, 3.05) is 0 Å². The van der Waals surface area contributed by atoms with E-state index in [-0.39, 0.29) is 0 Å². The van der Waals surface area contributed by atoms with Crippen molar-refractivity contribution >= 4 is 12.6 Å². The first-order chi connectivity index (χ1) is 5.65. The zero-order chi connectivity index (χ0) is 9.14. The smallest absolute Gasteiger partial charge is 0.0241 e. The van der Waals surface area contributed by atoms with Crippen LogP contribution in [0, 0.1) is 6.92 Å². The number of hydrogen-bond donors (Lipinski definition) is 1. The molecule has 0 fully saturated rings. The number of benzene rings is 1. The molecule has 0 radical (unpaired) electrons. The highest BCUT2D eigenvalue weighted by molar-refractivity contribution is 7.80. The number of hydrogen-bond acceptors (Lipinski definition) is 1. The van der Waals surface area contributed by atoms with E-state index in [0.29, 0.717) is 5.25 Å². The van der Waals surface area contributed by atoms with Crippen molar-refractivity contribution in [1.29, 1.82) is 0 Å². The normalized spacial score (nSPS) is 13.0. The van der Waals surface area contributed by atoms with Crippen LogP contribution < -0.4 is 0 Å². The summed E-state index contributed by atoms with van der Waals surface area (Å²) in [7, 11) is 0. The van der Waals surface area contributed by atoms with Crippen LogP contribution in [-0.4, -0.2) is 0 Å². The Labute approximate surface area is 80.4 Å². The molecule has 0 heterocycles. The largest absolute Gasteiger partial charge is 0.171 e. The molecule has 0 aromatic heterocycles. The van der Waals surface area contributed by atoms with Gasteiger partial charge in [0.2, 0.25) is 0 Å². The molecule has 1 aromatic rings. The van der Waals surface area contributed by atoms with Crippen LogP contribution in [0.1, 0.15) is 35.8 Å². The standard InChI is InChI=1S/C11H16S/c1-4-10-5-6-11(9(3)12)8(2)7-10/h5-7,9,12H,4H2,1-3H3. The van der Waals surface area contributed by atoms with E-state index in [2.05, 4.69) is 51.6 Å². The quantitative estimate of drug-likeness (QED) is 0.661. The number of rotatable bonds is 2. The first-order valence-electron chi connectivity index (χ1n) is 4.42. The van der Waals surface area contributed by atoms with Crippen LogP contribution >= 0.6 is 12.6 Å². The molecule has 12 heavy (non-hydrogen) atoms. The molecule has 0 nitrogen and oxygen atoms in total. The van der Waals surface area contributed by atoms with E-state index < -0.39 is 0 Å². The van der Waals surface area contributed by atoms with Crippen LogP contribution in [0.2, 0.25) is 0 Å². The van der Waals surface area contributed by atoms with Crippen molar-refractivity contribution in [2.24, 2.45) is 0 Å². The van der Waals surface area contributed by atoms with Gasteiger partial charge < -0.3 is 0 Å². The van der Waals surface area contributed by atoms with E-state index in [9.17, 15) is 0 Å². The highest BCUT2D eigenvalue weighted by Gasteiger charge is 2.03. The minimum Gasteiger partial charge on any atom is -0.171 e. The van der Waals surface area contributed by atoms with E-state index in [0.717, 1.165) is 6.42 Å². The molecule has 1 atom stereocenters. The molecule has 1 heteroatoms. The molecule has 0 amide bonds. The average molecular weight is 180 g/mol. The zero-order valence-electron chi connectivity index (χ0n) is 7.96. The Bertz CT molecular complexity index is 264. The maximum Gasteiger partial charge on any atom is 0.0241 e. The summed E-state index contributed by atoms with van der Waals surface area (Å²) in [5, 5.41) is 0.343. The minimum atomic E-state index is 0.343. The lowest BCUT2D eigenvalue weighted by molar-refractivity contribution is 1.06. The summed E-state index contributed by atoms with van der Waals surface area (Å²) in [5.74, 6) is 0. The Hall–Kier alpha value is -0.430. The second kappa shape index (κ2) is 3.99. The third kappa shape index (κ3) is 2.04. The van der Waals surface area contributed by atoms with Crippen molar-refractivity contribution in [2.45, 2.75) is 32.4 Å². The van der Waals surface area contributed by atoms with Crippen molar-refractivity contribution in [3.8, 4) is 0 Å². The van der Waals surface area contributed by atoms with Crippen LogP contribution in [-0.2, 0) is 6.42 Å². The Morgan fingerprint density at radius 2 is 2.08 bits per heavy atom. The maximum absolute atomic E-state index is 4.42. The van der Waals surface area contributed by atoms with Crippen LogP contribution in [0.5, 0.6) is 0 Å². The fourth-order valence-corrected chi connectivity index (χ4v) is 1.72. The molecule has 1 rings (SSSR count). The van der Waals surface area contributed by atoms with Crippen molar-refractivity contribution in [1.82, 2.24) is 0 Å². The molecule has 0 saturated carbocycles. The fraction of sp³-hybridized carbons (Fsp3) is 0.455. The van der Waals surface area contributed by atoms with Gasteiger partial charge in [-0.3, -0.25) is 0 Å². The molecular formula is C11H16S. The lowest BCUT2D eigenvalue weighted by atomic mass is 10.0. The molecule has 0 aliphatic heterocycles. The van der Waals surface area contributed by atoms with E-state index in [1.807, 2.05) is 0 Å². The average Bonchev–Trinajstić information content (AvgIpc) is 2.03. The van der Waals surface area contributed by atoms with Crippen molar-refractivity contribution < 1.29 is 0 Å². The molecule has 0 aliphatic rings. The van der Waals surface area contributed by atoms with E-state index in [1.165, 1.54) is 16.7 Å². The zero-order valence-corrected chi connectivity index (χ0v) is 8.86. The van der Waals surface area contributed by atoms with Crippen LogP contribution in [0.15, 0.2) is 18.2 Å². The van der Waals surface area contributed by atoms with Gasteiger partial charge in [-0.15, -0.1) is 0 Å². The second-order valence-electron chi connectivity index (χ2n) is 3.22. The summed E-state index contributed by atoms with van der Waals surface area (Å²) in [6.07, 6.45) is 1.11. The predicted molar refractivity (Wildman–Crippen MR) is 58.0 cm³/mol. The summed E-state index contributed by atoms with van der Waals surface area (Å²) < 4.78 is 0.